The number of rotatable bonds is 6. The lowest BCUT2D eigenvalue weighted by molar-refractivity contribution is 0.0982. The first kappa shape index (κ1) is 14.9. The molecule has 2 atom stereocenters. The Morgan fingerprint density at radius 2 is 2.13 bits per heavy atom. The number of hydrogen-bond donors (Lipinski definition) is 1. The Kier molecular flexibility index (Phi) is 3.95. The summed E-state index contributed by atoms with van der Waals surface area (Å²) in [7, 11) is 1.99. The van der Waals surface area contributed by atoms with Crippen LogP contribution in [0.5, 0.6) is 0 Å². The van der Waals surface area contributed by atoms with Crippen LogP contribution in [0.3, 0.4) is 0 Å². The van der Waals surface area contributed by atoms with Crippen LogP contribution in [0.25, 0.3) is 0 Å². The highest BCUT2D eigenvalue weighted by atomic mass is 16.5. The van der Waals surface area contributed by atoms with Crippen LogP contribution < -0.4 is 5.32 Å². The normalized spacial score (nSPS) is 24.4. The number of aryl methyl sites for hydroxylation is 2. The van der Waals surface area contributed by atoms with E-state index >= 15 is 0 Å². The van der Waals surface area contributed by atoms with Gasteiger partial charge in [0.15, 0.2) is 0 Å². The Labute approximate surface area is 136 Å². The predicted octanol–water partition coefficient (Wildman–Crippen LogP) is 1.95. The van der Waals surface area contributed by atoms with Crippen LogP contribution in [0.1, 0.15) is 42.2 Å². The number of hydrogen-bond acceptors (Lipinski definition) is 4. The third-order valence-corrected chi connectivity index (χ3v) is 5.02. The van der Waals surface area contributed by atoms with Crippen molar-refractivity contribution in [2.24, 2.45) is 13.0 Å². The summed E-state index contributed by atoms with van der Waals surface area (Å²) in [6.07, 6.45) is 9.90. The lowest BCUT2D eigenvalue weighted by Crippen LogP contribution is -2.32. The minimum Gasteiger partial charge on any atom is -0.372 e. The molecule has 0 radical (unpaired) electrons. The van der Waals surface area contributed by atoms with E-state index < -0.39 is 0 Å². The standard InChI is InChI=1S/C17H25N5O/c1-12-7-19-21(2)16(12)9-18-15-5-6-23-17(15)14-8-20-22(11-14)10-13-3-4-13/h7-8,11,13,15,17-18H,3-6,9-10H2,1-2H3/t15-,17+/m0/s1. The van der Waals surface area contributed by atoms with Crippen LogP contribution in [-0.4, -0.2) is 32.2 Å². The molecule has 1 aliphatic heterocycles. The molecule has 1 aliphatic carbocycles. The summed E-state index contributed by atoms with van der Waals surface area (Å²) in [5, 5.41) is 12.5. The van der Waals surface area contributed by atoms with Crippen molar-refractivity contribution < 1.29 is 4.74 Å². The zero-order chi connectivity index (χ0) is 15.8. The fraction of sp³-hybridized carbons (Fsp3) is 0.647. The van der Waals surface area contributed by atoms with Crippen LogP contribution in [-0.2, 0) is 24.9 Å². The summed E-state index contributed by atoms with van der Waals surface area (Å²) in [6.45, 7) is 4.79. The zero-order valence-electron chi connectivity index (χ0n) is 13.9. The van der Waals surface area contributed by atoms with Gasteiger partial charge in [0.2, 0.25) is 0 Å². The van der Waals surface area contributed by atoms with Crippen molar-refractivity contribution in [2.45, 2.75) is 51.4 Å². The molecule has 0 aromatic carbocycles. The number of ether oxygens (including phenoxy) is 1. The minimum absolute atomic E-state index is 0.108. The molecule has 0 spiro atoms. The zero-order valence-corrected chi connectivity index (χ0v) is 13.9. The van der Waals surface area contributed by atoms with Crippen LogP contribution in [0.4, 0.5) is 0 Å². The number of nitrogens with zero attached hydrogens (tertiary/aromatic N) is 4. The predicted molar refractivity (Wildman–Crippen MR) is 86.8 cm³/mol. The van der Waals surface area contributed by atoms with Crippen molar-refractivity contribution in [1.82, 2.24) is 24.9 Å². The molecule has 4 rings (SSSR count). The van der Waals surface area contributed by atoms with E-state index in [4.69, 9.17) is 4.74 Å². The van der Waals surface area contributed by atoms with Crippen LogP contribution in [0, 0.1) is 12.8 Å². The summed E-state index contributed by atoms with van der Waals surface area (Å²) in [5.74, 6) is 0.842. The minimum atomic E-state index is 0.108. The summed E-state index contributed by atoms with van der Waals surface area (Å²) in [5.41, 5.74) is 3.66. The molecule has 6 nitrogen and oxygen atoms in total. The first-order valence-electron chi connectivity index (χ1n) is 8.55. The van der Waals surface area contributed by atoms with E-state index in [1.807, 2.05) is 24.1 Å². The largest absolute Gasteiger partial charge is 0.372 e. The van der Waals surface area contributed by atoms with E-state index in [2.05, 4.69) is 33.3 Å². The van der Waals surface area contributed by atoms with Crippen LogP contribution in [0.2, 0.25) is 0 Å². The molecular weight excluding hydrogens is 290 g/mol. The Bertz CT molecular complexity index is 653. The van der Waals surface area contributed by atoms with Gasteiger partial charge >= 0.3 is 0 Å². The summed E-state index contributed by atoms with van der Waals surface area (Å²) >= 11 is 0. The summed E-state index contributed by atoms with van der Waals surface area (Å²) in [6, 6.07) is 0.336. The van der Waals surface area contributed by atoms with Crippen LogP contribution in [0.15, 0.2) is 18.6 Å². The molecule has 0 bridgehead atoms. The number of aromatic nitrogens is 4. The van der Waals surface area contributed by atoms with Crippen molar-refractivity contribution in [2.75, 3.05) is 6.61 Å². The van der Waals surface area contributed by atoms with Crippen LogP contribution >= 0.6 is 0 Å². The third kappa shape index (κ3) is 3.19. The van der Waals surface area contributed by atoms with Gasteiger partial charge in [-0.1, -0.05) is 0 Å². The van der Waals surface area contributed by atoms with E-state index in [0.29, 0.717) is 6.04 Å². The molecule has 2 fully saturated rings. The molecule has 1 saturated carbocycles. The average Bonchev–Trinajstić information content (AvgIpc) is 2.93. The first-order valence-corrected chi connectivity index (χ1v) is 8.55. The second-order valence-electron chi connectivity index (χ2n) is 6.90. The highest BCUT2D eigenvalue weighted by Crippen LogP contribution is 2.32. The molecule has 6 heteroatoms. The summed E-state index contributed by atoms with van der Waals surface area (Å²) < 4.78 is 10.0. The van der Waals surface area contributed by atoms with E-state index in [-0.39, 0.29) is 6.10 Å². The van der Waals surface area contributed by atoms with Gasteiger partial charge in [-0.2, -0.15) is 10.2 Å². The van der Waals surface area contributed by atoms with Gasteiger partial charge in [-0.3, -0.25) is 9.36 Å². The van der Waals surface area contributed by atoms with E-state index in [1.54, 1.807) is 0 Å². The molecule has 0 amide bonds. The van der Waals surface area contributed by atoms with Gasteiger partial charge in [-0.15, -0.1) is 0 Å². The lowest BCUT2D eigenvalue weighted by Gasteiger charge is -2.19. The molecule has 0 unspecified atom stereocenters. The monoisotopic (exact) mass is 315 g/mol. The van der Waals surface area contributed by atoms with E-state index in [9.17, 15) is 0 Å². The van der Waals surface area contributed by atoms with Gasteiger partial charge < -0.3 is 10.1 Å². The molecule has 1 N–H and O–H groups in total. The van der Waals surface area contributed by atoms with Crippen molar-refractivity contribution >= 4 is 0 Å². The third-order valence-electron chi connectivity index (χ3n) is 5.02. The quantitative estimate of drug-likeness (QED) is 0.885. The van der Waals surface area contributed by atoms with Gasteiger partial charge in [-0.05, 0) is 37.7 Å². The molecule has 23 heavy (non-hydrogen) atoms. The molecule has 124 valence electrons. The average molecular weight is 315 g/mol. The second-order valence-corrected chi connectivity index (χ2v) is 6.90. The van der Waals surface area contributed by atoms with Crippen molar-refractivity contribution in [1.29, 1.82) is 0 Å². The van der Waals surface area contributed by atoms with E-state index in [0.717, 1.165) is 32.0 Å². The topological polar surface area (TPSA) is 56.9 Å². The lowest BCUT2D eigenvalue weighted by atomic mass is 10.1. The Hall–Kier alpha value is -1.66. The SMILES string of the molecule is Cc1cnn(C)c1CN[C@H]1CCO[C@@H]1c1cnn(CC2CC2)c1. The molecule has 1 saturated heterocycles. The van der Waals surface area contributed by atoms with Crippen molar-refractivity contribution in [3.63, 3.8) is 0 Å². The summed E-state index contributed by atoms with van der Waals surface area (Å²) in [4.78, 5) is 0. The van der Waals surface area contributed by atoms with E-state index in [1.165, 1.54) is 29.7 Å². The Balaban J connectivity index is 1.40. The fourth-order valence-corrected chi connectivity index (χ4v) is 3.37. The van der Waals surface area contributed by atoms with Gasteiger partial charge in [0.25, 0.3) is 0 Å². The molecule has 2 aromatic heterocycles. The van der Waals surface area contributed by atoms with Crippen molar-refractivity contribution in [3.05, 3.63) is 35.4 Å². The van der Waals surface area contributed by atoms with Gasteiger partial charge in [0, 0.05) is 44.5 Å². The Morgan fingerprint density at radius 1 is 1.26 bits per heavy atom. The van der Waals surface area contributed by atoms with Gasteiger partial charge in [0.05, 0.1) is 18.1 Å². The van der Waals surface area contributed by atoms with Gasteiger partial charge in [-0.25, -0.2) is 0 Å². The molecule has 2 aromatic rings. The maximum atomic E-state index is 5.98. The maximum absolute atomic E-state index is 5.98. The fourth-order valence-electron chi connectivity index (χ4n) is 3.37. The van der Waals surface area contributed by atoms with Crippen molar-refractivity contribution in [3.8, 4) is 0 Å². The second kappa shape index (κ2) is 6.09. The Morgan fingerprint density at radius 3 is 2.87 bits per heavy atom. The van der Waals surface area contributed by atoms with Gasteiger partial charge in [0.1, 0.15) is 6.10 Å². The number of nitrogens with one attached hydrogen (secondary N) is 1. The maximum Gasteiger partial charge on any atom is 0.101 e. The molecular formula is C17H25N5O. The molecule has 2 aliphatic rings. The first-order chi connectivity index (χ1) is 11.2. The smallest absolute Gasteiger partial charge is 0.101 e. The highest BCUT2D eigenvalue weighted by Gasteiger charge is 2.31. The molecule has 3 heterocycles. The highest BCUT2D eigenvalue weighted by molar-refractivity contribution is 5.16.